The molecule has 1 amide bonds. The lowest BCUT2D eigenvalue weighted by Crippen LogP contribution is -2.36. The van der Waals surface area contributed by atoms with Gasteiger partial charge in [-0.15, -0.1) is 0 Å². The molecule has 1 N–H and O–H groups in total. The number of aryl methyl sites for hydroxylation is 1. The number of benzene rings is 1. The van der Waals surface area contributed by atoms with Crippen molar-refractivity contribution in [3.05, 3.63) is 53.6 Å². The molecule has 102 valence electrons. The second kappa shape index (κ2) is 4.92. The highest BCUT2D eigenvalue weighted by Crippen LogP contribution is 2.29. The number of anilines is 1. The molecule has 2 heterocycles. The van der Waals surface area contributed by atoms with E-state index in [1.165, 1.54) is 24.4 Å². The summed E-state index contributed by atoms with van der Waals surface area (Å²) in [5.74, 6) is -0.818. The first-order valence-corrected chi connectivity index (χ1v) is 6.41. The average molecular weight is 272 g/mol. The SMILES string of the molecule is O=C(c1ncccc1O)N1CCCc2cc(F)ccc21. The number of aromatic nitrogens is 1. The predicted molar refractivity (Wildman–Crippen MR) is 72.3 cm³/mol. The number of fused-ring (bicyclic) bond motifs is 1. The van der Waals surface area contributed by atoms with Crippen LogP contribution in [0.15, 0.2) is 36.5 Å². The lowest BCUT2D eigenvalue weighted by atomic mass is 10.0. The Bertz CT molecular complexity index is 673. The summed E-state index contributed by atoms with van der Waals surface area (Å²) in [7, 11) is 0. The van der Waals surface area contributed by atoms with E-state index >= 15 is 0 Å². The summed E-state index contributed by atoms with van der Waals surface area (Å²) < 4.78 is 13.3. The van der Waals surface area contributed by atoms with Crippen LogP contribution in [0.3, 0.4) is 0 Å². The van der Waals surface area contributed by atoms with Gasteiger partial charge in [-0.3, -0.25) is 4.79 Å². The van der Waals surface area contributed by atoms with E-state index in [9.17, 15) is 14.3 Å². The van der Waals surface area contributed by atoms with E-state index in [2.05, 4.69) is 4.98 Å². The molecule has 5 heteroatoms. The van der Waals surface area contributed by atoms with Gasteiger partial charge in [0.05, 0.1) is 0 Å². The molecule has 0 atom stereocenters. The molecule has 0 radical (unpaired) electrons. The first kappa shape index (κ1) is 12.6. The lowest BCUT2D eigenvalue weighted by molar-refractivity contribution is 0.0977. The zero-order valence-corrected chi connectivity index (χ0v) is 10.7. The number of amides is 1. The summed E-state index contributed by atoms with van der Waals surface area (Å²) in [5, 5.41) is 9.73. The van der Waals surface area contributed by atoms with E-state index < -0.39 is 0 Å². The van der Waals surface area contributed by atoms with Crippen LogP contribution in [-0.4, -0.2) is 22.5 Å². The van der Waals surface area contributed by atoms with E-state index in [1.54, 1.807) is 17.0 Å². The molecule has 0 saturated heterocycles. The van der Waals surface area contributed by atoms with Crippen molar-refractivity contribution in [3.63, 3.8) is 0 Å². The molecule has 0 spiro atoms. The standard InChI is InChI=1S/C15H13FN2O2/c16-11-5-6-12-10(9-11)3-2-8-18(12)15(20)14-13(19)4-1-7-17-14/h1,4-7,9,19H,2-3,8H2. The summed E-state index contributed by atoms with van der Waals surface area (Å²) >= 11 is 0. The van der Waals surface area contributed by atoms with Crippen LogP contribution < -0.4 is 4.90 Å². The second-order valence-corrected chi connectivity index (χ2v) is 4.70. The van der Waals surface area contributed by atoms with Crippen LogP contribution in [0.25, 0.3) is 0 Å². The molecular formula is C15H13FN2O2. The number of carbonyl (C=O) groups excluding carboxylic acids is 1. The molecule has 1 aliphatic heterocycles. The second-order valence-electron chi connectivity index (χ2n) is 4.70. The molecule has 1 aromatic heterocycles. The molecule has 0 unspecified atom stereocenters. The molecule has 0 aliphatic carbocycles. The Morgan fingerprint density at radius 2 is 2.20 bits per heavy atom. The third kappa shape index (κ3) is 2.11. The summed E-state index contributed by atoms with van der Waals surface area (Å²) in [5.41, 5.74) is 1.51. The first-order valence-electron chi connectivity index (χ1n) is 6.41. The predicted octanol–water partition coefficient (Wildman–Crippen LogP) is 2.52. The van der Waals surface area contributed by atoms with Crippen molar-refractivity contribution in [3.8, 4) is 5.75 Å². The van der Waals surface area contributed by atoms with Gasteiger partial charge < -0.3 is 10.0 Å². The van der Waals surface area contributed by atoms with Crippen molar-refractivity contribution in [1.29, 1.82) is 0 Å². The number of halogens is 1. The molecule has 0 fully saturated rings. The van der Waals surface area contributed by atoms with Gasteiger partial charge in [-0.2, -0.15) is 0 Å². The third-order valence-corrected chi connectivity index (χ3v) is 3.39. The monoisotopic (exact) mass is 272 g/mol. The normalized spacial score (nSPS) is 13.9. The van der Waals surface area contributed by atoms with Crippen LogP contribution in [0.5, 0.6) is 5.75 Å². The van der Waals surface area contributed by atoms with E-state index in [4.69, 9.17) is 0 Å². The van der Waals surface area contributed by atoms with Crippen LogP contribution in [0.2, 0.25) is 0 Å². The molecule has 1 aromatic carbocycles. The number of carbonyl (C=O) groups is 1. The van der Waals surface area contributed by atoms with E-state index in [-0.39, 0.29) is 23.2 Å². The van der Waals surface area contributed by atoms with Gasteiger partial charge in [0, 0.05) is 18.4 Å². The molecule has 1 aliphatic rings. The number of aromatic hydroxyl groups is 1. The van der Waals surface area contributed by atoms with Crippen molar-refractivity contribution < 1.29 is 14.3 Å². The van der Waals surface area contributed by atoms with Gasteiger partial charge in [-0.25, -0.2) is 9.37 Å². The highest BCUT2D eigenvalue weighted by atomic mass is 19.1. The highest BCUT2D eigenvalue weighted by molar-refractivity contribution is 6.07. The maximum Gasteiger partial charge on any atom is 0.280 e. The van der Waals surface area contributed by atoms with Gasteiger partial charge in [-0.1, -0.05) is 0 Å². The molecular weight excluding hydrogens is 259 g/mol. The summed E-state index contributed by atoms with van der Waals surface area (Å²) in [6.07, 6.45) is 2.96. The van der Waals surface area contributed by atoms with Crippen LogP contribution in [0.4, 0.5) is 10.1 Å². The Kier molecular flexibility index (Phi) is 3.10. The van der Waals surface area contributed by atoms with Crippen LogP contribution in [0.1, 0.15) is 22.5 Å². The van der Waals surface area contributed by atoms with Crippen LogP contribution in [0, 0.1) is 5.82 Å². The Labute approximate surface area is 115 Å². The van der Waals surface area contributed by atoms with Crippen molar-refractivity contribution in [2.24, 2.45) is 0 Å². The zero-order valence-electron chi connectivity index (χ0n) is 10.7. The maximum absolute atomic E-state index is 13.3. The van der Waals surface area contributed by atoms with Gasteiger partial charge in [0.15, 0.2) is 5.69 Å². The molecule has 0 saturated carbocycles. The maximum atomic E-state index is 13.3. The smallest absolute Gasteiger partial charge is 0.280 e. The van der Waals surface area contributed by atoms with Crippen molar-refractivity contribution in [2.45, 2.75) is 12.8 Å². The number of hydrogen-bond donors (Lipinski definition) is 1. The van der Waals surface area contributed by atoms with Crippen molar-refractivity contribution in [1.82, 2.24) is 4.98 Å². The quantitative estimate of drug-likeness (QED) is 0.867. The molecule has 4 nitrogen and oxygen atoms in total. The topological polar surface area (TPSA) is 53.4 Å². The number of rotatable bonds is 1. The Hall–Kier alpha value is -2.43. The molecule has 0 bridgehead atoms. The number of pyridine rings is 1. The Morgan fingerprint density at radius 1 is 1.35 bits per heavy atom. The summed E-state index contributed by atoms with van der Waals surface area (Å²) in [6.45, 7) is 0.535. The molecule has 3 rings (SSSR count). The van der Waals surface area contributed by atoms with E-state index in [0.29, 0.717) is 12.2 Å². The summed E-state index contributed by atoms with van der Waals surface area (Å²) in [4.78, 5) is 17.9. The number of hydrogen-bond acceptors (Lipinski definition) is 3. The van der Waals surface area contributed by atoms with Crippen LogP contribution >= 0.6 is 0 Å². The van der Waals surface area contributed by atoms with Crippen molar-refractivity contribution in [2.75, 3.05) is 11.4 Å². The summed E-state index contributed by atoms with van der Waals surface area (Å²) in [6, 6.07) is 7.37. The largest absolute Gasteiger partial charge is 0.505 e. The van der Waals surface area contributed by atoms with Gasteiger partial charge >= 0.3 is 0 Å². The van der Waals surface area contributed by atoms with E-state index in [0.717, 1.165) is 18.4 Å². The fourth-order valence-electron chi connectivity index (χ4n) is 2.47. The minimum atomic E-state index is -0.365. The molecule has 2 aromatic rings. The minimum Gasteiger partial charge on any atom is -0.505 e. The fraction of sp³-hybridized carbons (Fsp3) is 0.200. The van der Waals surface area contributed by atoms with E-state index in [1.807, 2.05) is 0 Å². The van der Waals surface area contributed by atoms with Gasteiger partial charge in [0.2, 0.25) is 0 Å². The lowest BCUT2D eigenvalue weighted by Gasteiger charge is -2.29. The fourth-order valence-corrected chi connectivity index (χ4v) is 2.47. The Balaban J connectivity index is 2.01. The van der Waals surface area contributed by atoms with Crippen molar-refractivity contribution >= 4 is 11.6 Å². The first-order chi connectivity index (χ1) is 9.66. The Morgan fingerprint density at radius 3 is 3.00 bits per heavy atom. The zero-order chi connectivity index (χ0) is 14.1. The highest BCUT2D eigenvalue weighted by Gasteiger charge is 2.26. The number of nitrogens with zero attached hydrogens (tertiary/aromatic N) is 2. The van der Waals surface area contributed by atoms with Gasteiger partial charge in [0.25, 0.3) is 5.91 Å². The van der Waals surface area contributed by atoms with Crippen LogP contribution in [-0.2, 0) is 6.42 Å². The van der Waals surface area contributed by atoms with Gasteiger partial charge in [0.1, 0.15) is 11.6 Å². The third-order valence-electron chi connectivity index (χ3n) is 3.39. The average Bonchev–Trinajstić information content (AvgIpc) is 2.46. The molecule has 20 heavy (non-hydrogen) atoms. The van der Waals surface area contributed by atoms with Gasteiger partial charge in [-0.05, 0) is 48.7 Å². The minimum absolute atomic E-state index is 0.0182.